The number of aromatic nitrogens is 2. The Labute approximate surface area is 116 Å². The van der Waals surface area contributed by atoms with Crippen LogP contribution in [0.15, 0.2) is 23.8 Å². The van der Waals surface area contributed by atoms with Gasteiger partial charge in [-0.1, -0.05) is 0 Å². The highest BCUT2D eigenvalue weighted by atomic mass is 32.1. The highest BCUT2D eigenvalue weighted by Gasteiger charge is 2.35. The molecule has 0 radical (unpaired) electrons. The van der Waals surface area contributed by atoms with E-state index in [0.717, 1.165) is 23.5 Å². The second kappa shape index (κ2) is 5.58. The largest absolute Gasteiger partial charge is 0.417 e. The Balaban J connectivity index is 2.13. The van der Waals surface area contributed by atoms with E-state index >= 15 is 0 Å². The van der Waals surface area contributed by atoms with Gasteiger partial charge in [0.05, 0.1) is 28.4 Å². The van der Waals surface area contributed by atoms with Crippen LogP contribution in [0.1, 0.15) is 26.6 Å². The van der Waals surface area contributed by atoms with Crippen molar-refractivity contribution in [1.29, 1.82) is 0 Å². The van der Waals surface area contributed by atoms with E-state index in [1.165, 1.54) is 11.3 Å². The Morgan fingerprint density at radius 3 is 2.80 bits per heavy atom. The van der Waals surface area contributed by atoms with Gasteiger partial charge in [-0.15, -0.1) is 11.3 Å². The van der Waals surface area contributed by atoms with Gasteiger partial charge in [0.2, 0.25) is 0 Å². The normalized spacial score (nSPS) is 11.4. The van der Waals surface area contributed by atoms with E-state index in [4.69, 9.17) is 0 Å². The van der Waals surface area contributed by atoms with Crippen LogP contribution in [-0.2, 0) is 12.7 Å². The standard InChI is InChI=1S/C12H10F3N3OS/c1-7-18-8(6-20-7)4-17-11(19)9-5-16-3-2-10(9)12(13,14)15/h2-3,5-6H,4H2,1H3,(H,17,19). The van der Waals surface area contributed by atoms with Crippen LogP contribution in [0, 0.1) is 6.92 Å². The molecule has 0 aliphatic rings. The van der Waals surface area contributed by atoms with Gasteiger partial charge in [-0.25, -0.2) is 4.98 Å². The average molecular weight is 301 g/mol. The van der Waals surface area contributed by atoms with Crippen LogP contribution in [0.25, 0.3) is 0 Å². The van der Waals surface area contributed by atoms with E-state index in [-0.39, 0.29) is 6.54 Å². The minimum Gasteiger partial charge on any atom is -0.346 e. The summed E-state index contributed by atoms with van der Waals surface area (Å²) in [6.45, 7) is 1.88. The first-order chi connectivity index (χ1) is 9.38. The van der Waals surface area contributed by atoms with Crippen LogP contribution >= 0.6 is 11.3 Å². The lowest BCUT2D eigenvalue weighted by Crippen LogP contribution is -2.26. The number of hydrogen-bond acceptors (Lipinski definition) is 4. The van der Waals surface area contributed by atoms with Crippen molar-refractivity contribution >= 4 is 17.2 Å². The molecule has 0 unspecified atom stereocenters. The van der Waals surface area contributed by atoms with Gasteiger partial charge < -0.3 is 5.32 Å². The number of halogens is 3. The highest BCUT2D eigenvalue weighted by molar-refractivity contribution is 7.09. The summed E-state index contributed by atoms with van der Waals surface area (Å²) in [7, 11) is 0. The van der Waals surface area contributed by atoms with Crippen molar-refractivity contribution in [3.63, 3.8) is 0 Å². The number of rotatable bonds is 3. The number of nitrogens with zero attached hydrogens (tertiary/aromatic N) is 2. The van der Waals surface area contributed by atoms with Gasteiger partial charge in [0.1, 0.15) is 0 Å². The number of hydrogen-bond donors (Lipinski definition) is 1. The first-order valence-corrected chi connectivity index (χ1v) is 6.46. The summed E-state index contributed by atoms with van der Waals surface area (Å²) in [6.07, 6.45) is -2.68. The number of nitrogens with one attached hydrogen (secondary N) is 1. The molecule has 0 atom stereocenters. The third kappa shape index (κ3) is 3.32. The minimum absolute atomic E-state index is 0.0787. The molecule has 2 rings (SSSR count). The maximum Gasteiger partial charge on any atom is 0.417 e. The Bertz CT molecular complexity index is 624. The molecule has 0 spiro atoms. The van der Waals surface area contributed by atoms with Crippen molar-refractivity contribution in [1.82, 2.24) is 15.3 Å². The molecule has 2 aromatic rings. The van der Waals surface area contributed by atoms with E-state index in [0.29, 0.717) is 5.69 Å². The van der Waals surface area contributed by atoms with E-state index in [1.807, 2.05) is 0 Å². The van der Waals surface area contributed by atoms with Crippen molar-refractivity contribution in [2.75, 3.05) is 0 Å². The molecule has 8 heteroatoms. The molecule has 0 aromatic carbocycles. The zero-order valence-corrected chi connectivity index (χ0v) is 11.2. The zero-order valence-electron chi connectivity index (χ0n) is 10.4. The summed E-state index contributed by atoms with van der Waals surface area (Å²) >= 11 is 1.40. The predicted octanol–water partition coefficient (Wildman–Crippen LogP) is 2.80. The summed E-state index contributed by atoms with van der Waals surface area (Å²) in [5.41, 5.74) is -0.885. The van der Waals surface area contributed by atoms with Crippen LogP contribution in [0.3, 0.4) is 0 Å². The van der Waals surface area contributed by atoms with Gasteiger partial charge >= 0.3 is 6.18 Å². The number of thiazole rings is 1. The van der Waals surface area contributed by atoms with Gasteiger partial charge in [-0.05, 0) is 13.0 Å². The quantitative estimate of drug-likeness (QED) is 0.948. The molecule has 0 saturated carbocycles. The second-order valence-corrected chi connectivity index (χ2v) is 5.02. The summed E-state index contributed by atoms with van der Waals surface area (Å²) in [5.74, 6) is -0.823. The Morgan fingerprint density at radius 2 is 2.20 bits per heavy atom. The maximum atomic E-state index is 12.8. The van der Waals surface area contributed by atoms with Crippen molar-refractivity contribution in [2.45, 2.75) is 19.6 Å². The molecule has 0 aliphatic heterocycles. The van der Waals surface area contributed by atoms with Gasteiger partial charge in [0, 0.05) is 17.8 Å². The Hall–Kier alpha value is -1.96. The van der Waals surface area contributed by atoms with Crippen LogP contribution in [0.2, 0.25) is 0 Å². The van der Waals surface area contributed by atoms with Gasteiger partial charge in [-0.2, -0.15) is 13.2 Å². The molecule has 1 N–H and O–H groups in total. The zero-order chi connectivity index (χ0) is 14.8. The smallest absolute Gasteiger partial charge is 0.346 e. The minimum atomic E-state index is -4.59. The summed E-state index contributed by atoms with van der Waals surface area (Å²) in [4.78, 5) is 19.5. The van der Waals surface area contributed by atoms with Crippen molar-refractivity contribution in [3.8, 4) is 0 Å². The molecule has 106 valence electrons. The number of carbonyl (C=O) groups excluding carboxylic acids is 1. The third-order valence-electron chi connectivity index (χ3n) is 2.47. The van der Waals surface area contributed by atoms with E-state index in [1.54, 1.807) is 12.3 Å². The number of carbonyl (C=O) groups is 1. The molecule has 0 bridgehead atoms. The van der Waals surface area contributed by atoms with E-state index in [9.17, 15) is 18.0 Å². The number of amides is 1. The van der Waals surface area contributed by atoms with Crippen molar-refractivity contribution in [3.05, 3.63) is 45.7 Å². The molecule has 0 aliphatic carbocycles. The first-order valence-electron chi connectivity index (χ1n) is 5.58. The highest BCUT2D eigenvalue weighted by Crippen LogP contribution is 2.31. The summed E-state index contributed by atoms with van der Waals surface area (Å²) in [5, 5.41) is 4.97. The van der Waals surface area contributed by atoms with Gasteiger partial charge in [-0.3, -0.25) is 9.78 Å². The maximum absolute atomic E-state index is 12.8. The molecule has 0 saturated heterocycles. The van der Waals surface area contributed by atoms with Crippen LogP contribution in [-0.4, -0.2) is 15.9 Å². The van der Waals surface area contributed by atoms with Gasteiger partial charge in [0.15, 0.2) is 0 Å². The SMILES string of the molecule is Cc1nc(CNC(=O)c2cnccc2C(F)(F)F)cs1. The molecular formula is C12H10F3N3OS. The average Bonchev–Trinajstić information content (AvgIpc) is 2.81. The fraction of sp³-hybridized carbons (Fsp3) is 0.250. The lowest BCUT2D eigenvalue weighted by molar-refractivity contribution is -0.138. The molecule has 2 aromatic heterocycles. The lowest BCUT2D eigenvalue weighted by Gasteiger charge is -2.11. The van der Waals surface area contributed by atoms with E-state index < -0.39 is 23.2 Å². The lowest BCUT2D eigenvalue weighted by atomic mass is 10.1. The predicted molar refractivity (Wildman–Crippen MR) is 67.3 cm³/mol. The third-order valence-corrected chi connectivity index (χ3v) is 3.29. The van der Waals surface area contributed by atoms with Gasteiger partial charge in [0.25, 0.3) is 5.91 Å². The molecule has 20 heavy (non-hydrogen) atoms. The van der Waals surface area contributed by atoms with Crippen LogP contribution in [0.5, 0.6) is 0 Å². The summed E-state index contributed by atoms with van der Waals surface area (Å²) in [6, 6.07) is 0.780. The second-order valence-electron chi connectivity index (χ2n) is 3.96. The fourth-order valence-corrected chi connectivity index (χ4v) is 2.19. The molecule has 0 fully saturated rings. The topological polar surface area (TPSA) is 54.9 Å². The van der Waals surface area contributed by atoms with E-state index in [2.05, 4.69) is 15.3 Å². The molecular weight excluding hydrogens is 291 g/mol. The number of aryl methyl sites for hydroxylation is 1. The summed E-state index contributed by atoms with van der Waals surface area (Å²) < 4.78 is 38.3. The Kier molecular flexibility index (Phi) is 4.03. The monoisotopic (exact) mass is 301 g/mol. The molecule has 2 heterocycles. The van der Waals surface area contributed by atoms with Crippen molar-refractivity contribution in [2.24, 2.45) is 0 Å². The molecule has 4 nitrogen and oxygen atoms in total. The fourth-order valence-electron chi connectivity index (χ4n) is 1.58. The number of alkyl halides is 3. The van der Waals surface area contributed by atoms with Crippen LogP contribution < -0.4 is 5.32 Å². The first kappa shape index (κ1) is 14.4. The molecule has 1 amide bonds. The number of pyridine rings is 1. The van der Waals surface area contributed by atoms with Crippen molar-refractivity contribution < 1.29 is 18.0 Å². The Morgan fingerprint density at radius 1 is 1.45 bits per heavy atom. The van der Waals surface area contributed by atoms with Crippen LogP contribution in [0.4, 0.5) is 13.2 Å².